The van der Waals surface area contributed by atoms with Crippen LogP contribution in [0, 0.1) is 5.82 Å². The highest BCUT2D eigenvalue weighted by Crippen LogP contribution is 2.36. The number of allylic oxidation sites excluding steroid dienone is 1. The van der Waals surface area contributed by atoms with E-state index in [0.717, 1.165) is 31.7 Å². The van der Waals surface area contributed by atoms with Crippen molar-refractivity contribution in [1.82, 2.24) is 0 Å². The lowest BCUT2D eigenvalue weighted by atomic mass is 9.96. The lowest BCUT2D eigenvalue weighted by molar-refractivity contribution is -0.138. The van der Waals surface area contributed by atoms with E-state index in [1.54, 1.807) is 0 Å². The summed E-state index contributed by atoms with van der Waals surface area (Å²) in [7, 11) is 0. The average molecular weight is 274 g/mol. The molecule has 1 aromatic rings. The molecule has 106 valence electrons. The second kappa shape index (κ2) is 6.73. The number of hydrogen-bond acceptors (Lipinski definition) is 0. The molecule has 0 spiro atoms. The number of unbranched alkanes of at least 4 members (excludes halogenated alkanes) is 3. The van der Waals surface area contributed by atoms with E-state index in [0.29, 0.717) is 18.1 Å². The largest absolute Gasteiger partial charge is 0.417 e. The van der Waals surface area contributed by atoms with Crippen molar-refractivity contribution in [3.05, 3.63) is 41.7 Å². The zero-order chi connectivity index (χ0) is 14.5. The Balaban J connectivity index is 2.85. The van der Waals surface area contributed by atoms with E-state index >= 15 is 0 Å². The maximum Gasteiger partial charge on any atom is 0.417 e. The van der Waals surface area contributed by atoms with Gasteiger partial charge in [-0.1, -0.05) is 38.8 Å². The van der Waals surface area contributed by atoms with Crippen molar-refractivity contribution in [3.8, 4) is 0 Å². The van der Waals surface area contributed by atoms with Crippen LogP contribution >= 0.6 is 0 Å². The van der Waals surface area contributed by atoms with Crippen LogP contribution < -0.4 is 0 Å². The van der Waals surface area contributed by atoms with Gasteiger partial charge in [-0.25, -0.2) is 4.39 Å². The van der Waals surface area contributed by atoms with Gasteiger partial charge in [0, 0.05) is 0 Å². The summed E-state index contributed by atoms with van der Waals surface area (Å²) >= 11 is 0. The predicted octanol–water partition coefficient (Wildman–Crippen LogP) is 5.83. The molecule has 19 heavy (non-hydrogen) atoms. The van der Waals surface area contributed by atoms with Crippen LogP contribution in [0.25, 0.3) is 5.57 Å². The van der Waals surface area contributed by atoms with E-state index in [9.17, 15) is 17.6 Å². The molecule has 0 saturated heterocycles. The van der Waals surface area contributed by atoms with Crippen LogP contribution in [-0.4, -0.2) is 0 Å². The number of halogens is 4. The van der Waals surface area contributed by atoms with Gasteiger partial charge < -0.3 is 0 Å². The monoisotopic (exact) mass is 274 g/mol. The van der Waals surface area contributed by atoms with E-state index in [1.807, 2.05) is 0 Å². The van der Waals surface area contributed by atoms with Gasteiger partial charge in [-0.05, 0) is 36.1 Å². The van der Waals surface area contributed by atoms with E-state index in [2.05, 4.69) is 13.5 Å². The number of hydrogen-bond donors (Lipinski definition) is 0. The molecule has 0 radical (unpaired) electrons. The van der Waals surface area contributed by atoms with E-state index in [1.165, 1.54) is 6.07 Å². The van der Waals surface area contributed by atoms with Crippen molar-refractivity contribution in [2.45, 2.75) is 45.2 Å². The highest BCUT2D eigenvalue weighted by Gasteiger charge is 2.34. The van der Waals surface area contributed by atoms with Crippen LogP contribution in [-0.2, 0) is 6.18 Å². The van der Waals surface area contributed by atoms with Crippen molar-refractivity contribution < 1.29 is 17.6 Å². The fourth-order valence-corrected chi connectivity index (χ4v) is 1.96. The number of rotatable bonds is 6. The Hall–Kier alpha value is -1.32. The summed E-state index contributed by atoms with van der Waals surface area (Å²) in [6.45, 7) is 5.77. The topological polar surface area (TPSA) is 0 Å². The van der Waals surface area contributed by atoms with Crippen molar-refractivity contribution in [2.24, 2.45) is 0 Å². The first kappa shape index (κ1) is 15.7. The van der Waals surface area contributed by atoms with Crippen molar-refractivity contribution >= 4 is 5.57 Å². The molecule has 4 heteroatoms. The zero-order valence-electron chi connectivity index (χ0n) is 11.0. The lowest BCUT2D eigenvalue weighted by Gasteiger charge is -2.14. The first-order valence-electron chi connectivity index (χ1n) is 6.41. The Bertz CT molecular complexity index is 432. The van der Waals surface area contributed by atoms with Crippen molar-refractivity contribution in [3.63, 3.8) is 0 Å². The summed E-state index contributed by atoms with van der Waals surface area (Å²) in [4.78, 5) is 0. The SMILES string of the molecule is C=C(CCCCCC)c1ccc(F)cc1C(F)(F)F. The first-order valence-corrected chi connectivity index (χ1v) is 6.41. The molecular formula is C15H18F4. The molecule has 0 N–H and O–H groups in total. The van der Waals surface area contributed by atoms with Crippen LogP contribution in [0.1, 0.15) is 50.2 Å². The maximum atomic E-state index is 13.0. The number of benzene rings is 1. The van der Waals surface area contributed by atoms with Crippen LogP contribution in [0.15, 0.2) is 24.8 Å². The molecule has 0 amide bonds. The fourth-order valence-electron chi connectivity index (χ4n) is 1.96. The van der Waals surface area contributed by atoms with E-state index in [4.69, 9.17) is 0 Å². The predicted molar refractivity (Wildman–Crippen MR) is 69.2 cm³/mol. The molecular weight excluding hydrogens is 256 g/mol. The lowest BCUT2D eigenvalue weighted by Crippen LogP contribution is -2.09. The molecule has 0 fully saturated rings. The van der Waals surface area contributed by atoms with E-state index in [-0.39, 0.29) is 5.56 Å². The molecule has 0 nitrogen and oxygen atoms in total. The third kappa shape index (κ3) is 4.69. The second-order valence-electron chi connectivity index (χ2n) is 4.60. The molecule has 0 unspecified atom stereocenters. The van der Waals surface area contributed by atoms with Gasteiger partial charge in [0.05, 0.1) is 5.56 Å². The Morgan fingerprint density at radius 1 is 1.16 bits per heavy atom. The smallest absolute Gasteiger partial charge is 0.207 e. The molecule has 0 aliphatic heterocycles. The molecule has 0 saturated carbocycles. The van der Waals surface area contributed by atoms with E-state index < -0.39 is 17.6 Å². The summed E-state index contributed by atoms with van der Waals surface area (Å²) in [5.74, 6) is -0.880. The minimum Gasteiger partial charge on any atom is -0.207 e. The normalized spacial score (nSPS) is 11.6. The minimum atomic E-state index is -4.55. The van der Waals surface area contributed by atoms with Gasteiger partial charge in [-0.2, -0.15) is 13.2 Å². The molecule has 0 aromatic heterocycles. The van der Waals surface area contributed by atoms with Crippen LogP contribution in [0.5, 0.6) is 0 Å². The standard InChI is InChI=1S/C15H18F4/c1-3-4-5-6-7-11(2)13-9-8-12(16)10-14(13)15(17,18)19/h8-10H,2-7H2,1H3. The second-order valence-corrected chi connectivity index (χ2v) is 4.60. The average Bonchev–Trinajstić information content (AvgIpc) is 2.33. The minimum absolute atomic E-state index is 0.00500. The van der Waals surface area contributed by atoms with Gasteiger partial charge in [0.1, 0.15) is 5.82 Å². The number of alkyl halides is 3. The fraction of sp³-hybridized carbons (Fsp3) is 0.467. The van der Waals surface area contributed by atoms with Crippen molar-refractivity contribution in [1.29, 1.82) is 0 Å². The first-order chi connectivity index (χ1) is 8.86. The Labute approximate surface area is 111 Å². The van der Waals surface area contributed by atoms with Gasteiger partial charge in [-0.3, -0.25) is 0 Å². The molecule has 0 aliphatic rings. The summed E-state index contributed by atoms with van der Waals surface area (Å²) in [6, 6.07) is 2.74. The van der Waals surface area contributed by atoms with Gasteiger partial charge in [-0.15, -0.1) is 0 Å². The highest BCUT2D eigenvalue weighted by molar-refractivity contribution is 5.66. The Kier molecular flexibility index (Phi) is 5.58. The van der Waals surface area contributed by atoms with Crippen LogP contribution in [0.4, 0.5) is 17.6 Å². The quantitative estimate of drug-likeness (QED) is 0.452. The molecule has 0 bridgehead atoms. The summed E-state index contributed by atoms with van der Waals surface area (Å²) < 4.78 is 51.4. The van der Waals surface area contributed by atoms with Gasteiger partial charge in [0.15, 0.2) is 0 Å². The maximum absolute atomic E-state index is 13.0. The third-order valence-corrected chi connectivity index (χ3v) is 3.00. The molecule has 1 rings (SSSR count). The van der Waals surface area contributed by atoms with Crippen molar-refractivity contribution in [2.75, 3.05) is 0 Å². The Morgan fingerprint density at radius 3 is 2.42 bits per heavy atom. The third-order valence-electron chi connectivity index (χ3n) is 3.00. The highest BCUT2D eigenvalue weighted by atomic mass is 19.4. The Morgan fingerprint density at radius 2 is 1.84 bits per heavy atom. The van der Waals surface area contributed by atoms with Crippen LogP contribution in [0.2, 0.25) is 0 Å². The van der Waals surface area contributed by atoms with Gasteiger partial charge in [0.2, 0.25) is 0 Å². The van der Waals surface area contributed by atoms with Crippen LogP contribution in [0.3, 0.4) is 0 Å². The zero-order valence-corrected chi connectivity index (χ0v) is 11.0. The molecule has 0 heterocycles. The van der Waals surface area contributed by atoms with Gasteiger partial charge in [0.25, 0.3) is 0 Å². The summed E-state index contributed by atoms with van der Waals surface area (Å²) in [5, 5.41) is 0. The molecule has 0 aliphatic carbocycles. The molecule has 1 aromatic carbocycles. The molecule has 0 atom stereocenters. The van der Waals surface area contributed by atoms with Gasteiger partial charge >= 0.3 is 6.18 Å². The summed E-state index contributed by atoms with van der Waals surface area (Å²) in [6.07, 6.45) is -0.141. The summed E-state index contributed by atoms with van der Waals surface area (Å²) in [5.41, 5.74) is -0.512.